The standard InChI is InChI=1S/C15H15F3O3S2/c1-2-10-3-5-11(6-4-10)13-9-22-14(15(16,17)18)12(13)7-8-23(19,20)21/h3-6,9H,2,7-8H2,1H3,(H,19,20,21). The molecule has 0 spiro atoms. The van der Waals surface area contributed by atoms with Crippen LogP contribution in [0.5, 0.6) is 0 Å². The average molecular weight is 364 g/mol. The summed E-state index contributed by atoms with van der Waals surface area (Å²) in [7, 11) is -4.33. The molecule has 0 atom stereocenters. The molecule has 0 aliphatic rings. The first-order chi connectivity index (χ1) is 10.6. The van der Waals surface area contributed by atoms with Crippen molar-refractivity contribution in [3.05, 3.63) is 45.6 Å². The number of halogens is 3. The van der Waals surface area contributed by atoms with Gasteiger partial charge in [-0.15, -0.1) is 11.3 Å². The van der Waals surface area contributed by atoms with Crippen LogP contribution in [0.3, 0.4) is 0 Å². The Morgan fingerprint density at radius 1 is 1.17 bits per heavy atom. The number of rotatable bonds is 5. The fraction of sp³-hybridized carbons (Fsp3) is 0.333. The second-order valence-electron chi connectivity index (χ2n) is 5.04. The molecule has 1 aromatic carbocycles. The van der Waals surface area contributed by atoms with Gasteiger partial charge in [0.2, 0.25) is 0 Å². The molecule has 0 saturated carbocycles. The molecule has 2 rings (SSSR count). The molecule has 0 saturated heterocycles. The molecule has 126 valence electrons. The van der Waals surface area contributed by atoms with E-state index < -0.39 is 26.9 Å². The van der Waals surface area contributed by atoms with E-state index in [2.05, 4.69) is 0 Å². The van der Waals surface area contributed by atoms with Crippen LogP contribution < -0.4 is 0 Å². The van der Waals surface area contributed by atoms with Gasteiger partial charge in [-0.1, -0.05) is 31.2 Å². The van der Waals surface area contributed by atoms with E-state index >= 15 is 0 Å². The molecule has 0 bridgehead atoms. The van der Waals surface area contributed by atoms with E-state index in [1.54, 1.807) is 12.1 Å². The minimum absolute atomic E-state index is 0.0932. The van der Waals surface area contributed by atoms with E-state index in [-0.39, 0.29) is 12.0 Å². The molecule has 0 aliphatic carbocycles. The Labute approximate surface area is 136 Å². The zero-order chi connectivity index (χ0) is 17.3. The van der Waals surface area contributed by atoms with Crippen LogP contribution >= 0.6 is 11.3 Å². The normalized spacial score (nSPS) is 12.6. The van der Waals surface area contributed by atoms with Crippen LogP contribution in [0.1, 0.15) is 22.9 Å². The molecule has 0 aliphatic heterocycles. The Bertz CT molecular complexity index is 775. The number of benzene rings is 1. The molecular weight excluding hydrogens is 349 g/mol. The highest BCUT2D eigenvalue weighted by Gasteiger charge is 2.36. The van der Waals surface area contributed by atoms with Crippen molar-refractivity contribution >= 4 is 21.5 Å². The number of hydrogen-bond donors (Lipinski definition) is 1. The third-order valence-electron chi connectivity index (χ3n) is 3.43. The fourth-order valence-electron chi connectivity index (χ4n) is 2.26. The highest BCUT2D eigenvalue weighted by atomic mass is 32.2. The van der Waals surface area contributed by atoms with Gasteiger partial charge in [-0.2, -0.15) is 21.6 Å². The molecule has 0 unspecified atom stereocenters. The van der Waals surface area contributed by atoms with Crippen molar-refractivity contribution in [1.29, 1.82) is 0 Å². The van der Waals surface area contributed by atoms with E-state index in [0.29, 0.717) is 22.5 Å². The highest BCUT2D eigenvalue weighted by Crippen LogP contribution is 2.42. The smallest absolute Gasteiger partial charge is 0.286 e. The molecular formula is C15H15F3O3S2. The minimum Gasteiger partial charge on any atom is -0.286 e. The molecule has 0 amide bonds. The number of alkyl halides is 3. The van der Waals surface area contributed by atoms with Crippen LogP contribution in [0.2, 0.25) is 0 Å². The highest BCUT2D eigenvalue weighted by molar-refractivity contribution is 7.85. The third kappa shape index (κ3) is 4.55. The molecule has 1 N–H and O–H groups in total. The maximum atomic E-state index is 13.1. The van der Waals surface area contributed by atoms with Crippen LogP contribution in [0, 0.1) is 0 Å². The van der Waals surface area contributed by atoms with Crippen molar-refractivity contribution in [2.45, 2.75) is 25.9 Å². The van der Waals surface area contributed by atoms with Gasteiger partial charge in [0.05, 0.1) is 5.75 Å². The van der Waals surface area contributed by atoms with Crippen LogP contribution in [0.4, 0.5) is 13.2 Å². The quantitative estimate of drug-likeness (QED) is 0.799. The Morgan fingerprint density at radius 2 is 1.78 bits per heavy atom. The predicted molar refractivity (Wildman–Crippen MR) is 84.3 cm³/mol. The second-order valence-corrected chi connectivity index (χ2v) is 7.49. The topological polar surface area (TPSA) is 54.4 Å². The molecule has 23 heavy (non-hydrogen) atoms. The van der Waals surface area contributed by atoms with Crippen LogP contribution in [-0.2, 0) is 29.1 Å². The molecule has 8 heteroatoms. The summed E-state index contributed by atoms with van der Waals surface area (Å²) < 4.78 is 70.0. The summed E-state index contributed by atoms with van der Waals surface area (Å²) in [6.07, 6.45) is -4.13. The zero-order valence-corrected chi connectivity index (χ0v) is 13.9. The zero-order valence-electron chi connectivity index (χ0n) is 12.2. The van der Waals surface area contributed by atoms with Gasteiger partial charge in [0.1, 0.15) is 4.88 Å². The van der Waals surface area contributed by atoms with Gasteiger partial charge in [0.15, 0.2) is 0 Å². The molecule has 3 nitrogen and oxygen atoms in total. The largest absolute Gasteiger partial charge is 0.425 e. The van der Waals surface area contributed by atoms with E-state index in [0.717, 1.165) is 12.0 Å². The summed E-state index contributed by atoms with van der Waals surface area (Å²) >= 11 is 0.537. The fourth-order valence-corrected chi connectivity index (χ4v) is 3.73. The summed E-state index contributed by atoms with van der Waals surface area (Å²) in [5, 5.41) is 1.38. The van der Waals surface area contributed by atoms with E-state index in [9.17, 15) is 21.6 Å². The molecule has 2 aromatic rings. The first-order valence-electron chi connectivity index (χ1n) is 6.84. The molecule has 0 fully saturated rings. The summed E-state index contributed by atoms with van der Waals surface area (Å²) in [4.78, 5) is -0.823. The summed E-state index contributed by atoms with van der Waals surface area (Å²) in [5.74, 6) is -0.743. The van der Waals surface area contributed by atoms with Gasteiger partial charge in [-0.3, -0.25) is 4.55 Å². The van der Waals surface area contributed by atoms with Crippen LogP contribution in [-0.4, -0.2) is 18.7 Å². The van der Waals surface area contributed by atoms with Gasteiger partial charge >= 0.3 is 6.18 Å². The van der Waals surface area contributed by atoms with Crippen molar-refractivity contribution in [1.82, 2.24) is 0 Å². The maximum absolute atomic E-state index is 13.1. The summed E-state index contributed by atoms with van der Waals surface area (Å²) in [6.45, 7) is 1.97. The van der Waals surface area contributed by atoms with Gasteiger partial charge in [-0.25, -0.2) is 0 Å². The first-order valence-corrected chi connectivity index (χ1v) is 9.32. The van der Waals surface area contributed by atoms with Crippen LogP contribution in [0.15, 0.2) is 29.6 Å². The van der Waals surface area contributed by atoms with E-state index in [1.807, 2.05) is 19.1 Å². The number of thiophene rings is 1. The van der Waals surface area contributed by atoms with Crippen molar-refractivity contribution < 1.29 is 26.1 Å². The maximum Gasteiger partial charge on any atom is 0.425 e. The average Bonchev–Trinajstić information content (AvgIpc) is 2.88. The SMILES string of the molecule is CCc1ccc(-c2csc(C(F)(F)F)c2CCS(=O)(=O)O)cc1. The van der Waals surface area contributed by atoms with Gasteiger partial charge in [0, 0.05) is 0 Å². The van der Waals surface area contributed by atoms with Crippen molar-refractivity contribution in [2.75, 3.05) is 5.75 Å². The lowest BCUT2D eigenvalue weighted by Gasteiger charge is -2.10. The second kappa shape index (κ2) is 6.62. The van der Waals surface area contributed by atoms with Gasteiger partial charge < -0.3 is 0 Å². The van der Waals surface area contributed by atoms with E-state index in [1.165, 1.54) is 5.38 Å². The molecule has 0 radical (unpaired) electrons. The Kier molecular flexibility index (Phi) is 5.17. The van der Waals surface area contributed by atoms with Crippen molar-refractivity contribution in [3.63, 3.8) is 0 Å². The number of hydrogen-bond acceptors (Lipinski definition) is 3. The lowest BCUT2D eigenvalue weighted by Crippen LogP contribution is -2.11. The lowest BCUT2D eigenvalue weighted by molar-refractivity contribution is -0.134. The Morgan fingerprint density at radius 3 is 2.26 bits per heavy atom. The Hall–Kier alpha value is -1.38. The monoisotopic (exact) mass is 364 g/mol. The molecule has 1 aromatic heterocycles. The van der Waals surface area contributed by atoms with Crippen LogP contribution in [0.25, 0.3) is 11.1 Å². The lowest BCUT2D eigenvalue weighted by atomic mass is 9.99. The van der Waals surface area contributed by atoms with E-state index in [4.69, 9.17) is 4.55 Å². The summed E-state index contributed by atoms with van der Waals surface area (Å²) in [6, 6.07) is 7.09. The number of aryl methyl sites for hydroxylation is 1. The molecule has 1 heterocycles. The van der Waals surface area contributed by atoms with Crippen molar-refractivity contribution in [2.24, 2.45) is 0 Å². The first kappa shape index (κ1) is 18.0. The van der Waals surface area contributed by atoms with Gasteiger partial charge in [-0.05, 0) is 40.5 Å². The summed E-state index contributed by atoms with van der Waals surface area (Å²) in [5.41, 5.74) is 1.91. The minimum atomic E-state index is -4.55. The van der Waals surface area contributed by atoms with Gasteiger partial charge in [0.25, 0.3) is 10.1 Å². The third-order valence-corrected chi connectivity index (χ3v) is 5.22. The predicted octanol–water partition coefficient (Wildman–Crippen LogP) is 4.43. The Balaban J connectivity index is 2.47. The van der Waals surface area contributed by atoms with Crippen molar-refractivity contribution in [3.8, 4) is 11.1 Å².